The number of methoxy groups -OCH3 is 1. The summed E-state index contributed by atoms with van der Waals surface area (Å²) in [6.07, 6.45) is 0. The number of rotatable bonds is 4. The van der Waals surface area contributed by atoms with Gasteiger partial charge in [-0.2, -0.15) is 0 Å². The van der Waals surface area contributed by atoms with Gasteiger partial charge in [-0.1, -0.05) is 22.8 Å². The summed E-state index contributed by atoms with van der Waals surface area (Å²) in [5, 5.41) is 7.04. The summed E-state index contributed by atoms with van der Waals surface area (Å²) in [6, 6.07) is 14.9. The first-order valence-electron chi connectivity index (χ1n) is 7.29. The molecule has 1 aromatic heterocycles. The van der Waals surface area contributed by atoms with E-state index in [1.54, 1.807) is 42.5 Å². The number of anilines is 1. The van der Waals surface area contributed by atoms with Gasteiger partial charge in [0.15, 0.2) is 11.5 Å². The molecule has 0 aliphatic rings. The van der Waals surface area contributed by atoms with E-state index in [1.165, 1.54) is 19.2 Å². The molecule has 0 saturated carbocycles. The first-order chi connectivity index (χ1) is 12.1. The van der Waals surface area contributed by atoms with Gasteiger partial charge >= 0.3 is 5.97 Å². The molecular formula is C18H13ClN2O4. The highest BCUT2D eigenvalue weighted by molar-refractivity contribution is 6.30. The van der Waals surface area contributed by atoms with Gasteiger partial charge in [0.25, 0.3) is 5.91 Å². The summed E-state index contributed by atoms with van der Waals surface area (Å²) in [4.78, 5) is 23.8. The third kappa shape index (κ3) is 3.87. The summed E-state index contributed by atoms with van der Waals surface area (Å²) in [6.45, 7) is 0. The molecule has 1 N–H and O–H groups in total. The maximum atomic E-state index is 12.3. The lowest BCUT2D eigenvalue weighted by Crippen LogP contribution is -2.12. The van der Waals surface area contributed by atoms with E-state index in [4.69, 9.17) is 16.1 Å². The van der Waals surface area contributed by atoms with E-state index in [1.807, 2.05) is 0 Å². The van der Waals surface area contributed by atoms with Gasteiger partial charge < -0.3 is 14.6 Å². The molecule has 0 unspecified atom stereocenters. The molecule has 0 saturated heterocycles. The third-order valence-corrected chi connectivity index (χ3v) is 3.67. The number of carbonyl (C=O) groups is 2. The van der Waals surface area contributed by atoms with Crippen molar-refractivity contribution in [3.63, 3.8) is 0 Å². The van der Waals surface area contributed by atoms with Crippen LogP contribution < -0.4 is 5.32 Å². The topological polar surface area (TPSA) is 81.4 Å². The fraction of sp³-hybridized carbons (Fsp3) is 0.0556. The number of halogens is 1. The molecule has 0 atom stereocenters. The Morgan fingerprint density at radius 1 is 1.12 bits per heavy atom. The minimum atomic E-state index is -0.484. The van der Waals surface area contributed by atoms with Gasteiger partial charge in [0.05, 0.1) is 12.7 Å². The van der Waals surface area contributed by atoms with Crippen molar-refractivity contribution in [2.45, 2.75) is 0 Å². The predicted molar refractivity (Wildman–Crippen MR) is 92.7 cm³/mol. The van der Waals surface area contributed by atoms with E-state index in [-0.39, 0.29) is 5.69 Å². The fourth-order valence-electron chi connectivity index (χ4n) is 2.17. The molecule has 0 radical (unpaired) electrons. The highest BCUT2D eigenvalue weighted by atomic mass is 35.5. The zero-order valence-corrected chi connectivity index (χ0v) is 13.9. The molecule has 0 spiro atoms. The maximum absolute atomic E-state index is 12.3. The molecule has 3 rings (SSSR count). The Morgan fingerprint density at radius 2 is 1.88 bits per heavy atom. The number of amides is 1. The smallest absolute Gasteiger partial charge is 0.337 e. The van der Waals surface area contributed by atoms with Crippen LogP contribution in [0.15, 0.2) is 59.1 Å². The lowest BCUT2D eigenvalue weighted by atomic mass is 10.1. The number of carbonyl (C=O) groups excluding carboxylic acids is 2. The molecule has 7 heteroatoms. The van der Waals surface area contributed by atoms with Crippen LogP contribution in [0.1, 0.15) is 20.8 Å². The van der Waals surface area contributed by atoms with E-state index in [0.717, 1.165) is 5.56 Å². The van der Waals surface area contributed by atoms with Crippen LogP contribution in [0.4, 0.5) is 5.69 Å². The maximum Gasteiger partial charge on any atom is 0.337 e. The van der Waals surface area contributed by atoms with Crippen molar-refractivity contribution in [3.05, 3.63) is 70.9 Å². The minimum absolute atomic E-state index is 0.119. The van der Waals surface area contributed by atoms with Gasteiger partial charge in [-0.15, -0.1) is 0 Å². The molecule has 1 amide bonds. The number of esters is 1. The summed E-state index contributed by atoms with van der Waals surface area (Å²) in [7, 11) is 1.29. The van der Waals surface area contributed by atoms with E-state index in [0.29, 0.717) is 22.0 Å². The monoisotopic (exact) mass is 356 g/mol. The highest BCUT2D eigenvalue weighted by Crippen LogP contribution is 2.23. The number of benzene rings is 2. The standard InChI is InChI=1S/C18H13ClN2O4/c1-24-18(23)12-3-2-4-14(9-12)20-17(22)15-10-16(25-21-15)11-5-7-13(19)8-6-11/h2-10H,1H3,(H,20,22). The average Bonchev–Trinajstić information content (AvgIpc) is 3.12. The third-order valence-electron chi connectivity index (χ3n) is 3.41. The molecule has 0 aliphatic carbocycles. The molecule has 25 heavy (non-hydrogen) atoms. The molecule has 0 bridgehead atoms. The molecule has 126 valence electrons. The molecule has 0 aliphatic heterocycles. The largest absolute Gasteiger partial charge is 0.465 e. The van der Waals surface area contributed by atoms with E-state index >= 15 is 0 Å². The van der Waals surface area contributed by atoms with E-state index in [9.17, 15) is 9.59 Å². The summed E-state index contributed by atoms with van der Waals surface area (Å²) in [5.74, 6) is -0.487. The van der Waals surface area contributed by atoms with Crippen molar-refractivity contribution in [3.8, 4) is 11.3 Å². The van der Waals surface area contributed by atoms with Crippen LogP contribution in [-0.4, -0.2) is 24.1 Å². The van der Waals surface area contributed by atoms with Crippen molar-refractivity contribution in [1.82, 2.24) is 5.16 Å². The van der Waals surface area contributed by atoms with Gasteiger partial charge in [-0.05, 0) is 42.5 Å². The SMILES string of the molecule is COC(=O)c1cccc(NC(=O)c2cc(-c3ccc(Cl)cc3)on2)c1. The number of aromatic nitrogens is 1. The number of hydrogen-bond donors (Lipinski definition) is 1. The quantitative estimate of drug-likeness (QED) is 0.713. The second-order valence-electron chi connectivity index (χ2n) is 5.11. The van der Waals surface area contributed by atoms with Gasteiger partial charge in [0.1, 0.15) is 0 Å². The minimum Gasteiger partial charge on any atom is -0.465 e. The Balaban J connectivity index is 1.76. The second kappa shape index (κ2) is 7.19. The van der Waals surface area contributed by atoms with Crippen molar-refractivity contribution >= 4 is 29.2 Å². The Morgan fingerprint density at radius 3 is 2.60 bits per heavy atom. The van der Waals surface area contributed by atoms with Crippen LogP contribution in [0, 0.1) is 0 Å². The zero-order chi connectivity index (χ0) is 17.8. The van der Waals surface area contributed by atoms with Crippen LogP contribution in [0.5, 0.6) is 0 Å². The molecule has 2 aromatic carbocycles. The van der Waals surface area contributed by atoms with Crippen LogP contribution in [0.25, 0.3) is 11.3 Å². The number of hydrogen-bond acceptors (Lipinski definition) is 5. The highest BCUT2D eigenvalue weighted by Gasteiger charge is 2.15. The first kappa shape index (κ1) is 16.7. The van der Waals surface area contributed by atoms with Gasteiger partial charge in [0, 0.05) is 22.3 Å². The normalized spacial score (nSPS) is 10.3. The van der Waals surface area contributed by atoms with Gasteiger partial charge in [-0.3, -0.25) is 4.79 Å². The zero-order valence-electron chi connectivity index (χ0n) is 13.2. The van der Waals surface area contributed by atoms with Crippen molar-refractivity contribution < 1.29 is 18.8 Å². The summed E-state index contributed by atoms with van der Waals surface area (Å²) in [5.41, 5.74) is 1.66. The number of nitrogens with zero attached hydrogens (tertiary/aromatic N) is 1. The Kier molecular flexibility index (Phi) is 4.81. The van der Waals surface area contributed by atoms with Crippen molar-refractivity contribution in [1.29, 1.82) is 0 Å². The lowest BCUT2D eigenvalue weighted by molar-refractivity contribution is 0.0600. The van der Waals surface area contributed by atoms with Crippen LogP contribution in [0.3, 0.4) is 0 Å². The fourth-order valence-corrected chi connectivity index (χ4v) is 2.30. The van der Waals surface area contributed by atoms with Crippen LogP contribution in [-0.2, 0) is 4.74 Å². The van der Waals surface area contributed by atoms with E-state index < -0.39 is 11.9 Å². The van der Waals surface area contributed by atoms with Crippen LogP contribution in [0.2, 0.25) is 5.02 Å². The van der Waals surface area contributed by atoms with Crippen molar-refractivity contribution in [2.24, 2.45) is 0 Å². The average molecular weight is 357 g/mol. The van der Waals surface area contributed by atoms with E-state index in [2.05, 4.69) is 15.2 Å². The van der Waals surface area contributed by atoms with Gasteiger partial charge in [0.2, 0.25) is 0 Å². The first-order valence-corrected chi connectivity index (χ1v) is 7.67. The summed E-state index contributed by atoms with van der Waals surface area (Å²) >= 11 is 5.85. The Hall–Kier alpha value is -3.12. The van der Waals surface area contributed by atoms with Crippen molar-refractivity contribution in [2.75, 3.05) is 12.4 Å². The number of ether oxygens (including phenoxy) is 1. The number of nitrogens with one attached hydrogen (secondary N) is 1. The Labute approximate surface area is 148 Å². The predicted octanol–water partition coefficient (Wildman–Crippen LogP) is 4.03. The molecular weight excluding hydrogens is 344 g/mol. The Bertz CT molecular complexity index is 919. The molecule has 3 aromatic rings. The van der Waals surface area contributed by atoms with Gasteiger partial charge in [-0.25, -0.2) is 4.79 Å². The summed E-state index contributed by atoms with van der Waals surface area (Å²) < 4.78 is 9.85. The molecule has 0 fully saturated rings. The van der Waals surface area contributed by atoms with Crippen LogP contribution >= 0.6 is 11.6 Å². The molecule has 6 nitrogen and oxygen atoms in total. The second-order valence-corrected chi connectivity index (χ2v) is 5.55. The lowest BCUT2D eigenvalue weighted by Gasteiger charge is -2.04. The molecule has 1 heterocycles.